The van der Waals surface area contributed by atoms with Gasteiger partial charge in [0.05, 0.1) is 24.8 Å². The molecule has 0 spiro atoms. The largest absolute Gasteiger partial charge is 0.420 e. The maximum absolute atomic E-state index is 15.1. The second-order valence-corrected chi connectivity index (χ2v) is 10.5. The van der Waals surface area contributed by atoms with E-state index in [0.29, 0.717) is 42.0 Å². The summed E-state index contributed by atoms with van der Waals surface area (Å²) in [5.41, 5.74) is 11.4. The molecule has 1 aliphatic carbocycles. The van der Waals surface area contributed by atoms with E-state index in [0.717, 1.165) is 38.5 Å². The van der Waals surface area contributed by atoms with E-state index in [9.17, 15) is 9.59 Å². The van der Waals surface area contributed by atoms with Gasteiger partial charge in [-0.2, -0.15) is 4.39 Å². The Bertz CT molecular complexity index is 1090. The number of hydrogen-bond donors (Lipinski definition) is 5. The summed E-state index contributed by atoms with van der Waals surface area (Å²) < 4.78 is 25.8. The van der Waals surface area contributed by atoms with Gasteiger partial charge in [0.25, 0.3) is 0 Å². The lowest BCUT2D eigenvalue weighted by Crippen LogP contribution is -2.43. The van der Waals surface area contributed by atoms with E-state index in [1.165, 1.54) is 11.3 Å². The Morgan fingerprint density at radius 1 is 1.18 bits per heavy atom. The molecule has 208 valence electrons. The molecule has 0 bridgehead atoms. The smallest absolute Gasteiger partial charge is 0.409 e. The number of halogens is 1. The second kappa shape index (κ2) is 13.5. The van der Waals surface area contributed by atoms with E-state index in [4.69, 9.17) is 15.2 Å². The van der Waals surface area contributed by atoms with Crippen LogP contribution in [0.2, 0.25) is 0 Å². The van der Waals surface area contributed by atoms with Crippen molar-refractivity contribution in [2.75, 3.05) is 29.6 Å². The van der Waals surface area contributed by atoms with Gasteiger partial charge < -0.3 is 25.8 Å². The van der Waals surface area contributed by atoms with Crippen LogP contribution in [0.4, 0.5) is 26.0 Å². The summed E-state index contributed by atoms with van der Waals surface area (Å²) in [4.78, 5) is 37.7. The summed E-state index contributed by atoms with van der Waals surface area (Å²) in [5, 5.41) is 7.77. The minimum absolute atomic E-state index is 0.0299. The van der Waals surface area contributed by atoms with Crippen molar-refractivity contribution in [2.24, 2.45) is 11.8 Å². The molecule has 2 aromatic heterocycles. The number of carbonyl (C=O) groups is 2. The number of nitrogens with one attached hydrogen (secondary N) is 4. The predicted molar refractivity (Wildman–Crippen MR) is 140 cm³/mol. The highest BCUT2D eigenvalue weighted by Crippen LogP contribution is 2.30. The summed E-state index contributed by atoms with van der Waals surface area (Å²) in [7, 11) is 0. The molecule has 2 aliphatic rings. The average molecular weight is 551 g/mol. The van der Waals surface area contributed by atoms with E-state index in [-0.39, 0.29) is 30.6 Å². The lowest BCUT2D eigenvalue weighted by atomic mass is 9.92. The summed E-state index contributed by atoms with van der Waals surface area (Å²) >= 11 is 1.29. The van der Waals surface area contributed by atoms with Gasteiger partial charge in [-0.1, -0.05) is 25.7 Å². The normalized spacial score (nSPS) is 18.5. The van der Waals surface area contributed by atoms with Crippen LogP contribution in [0.1, 0.15) is 62.9 Å². The van der Waals surface area contributed by atoms with Crippen LogP contribution in [-0.2, 0) is 20.8 Å². The SMILES string of the molecule is Cc1nc(NCc2csc(N)n2)c(F)c(NNC(=O)[C@@H](CNC(=O)OC2CCCCO2)CC2CCCC2)n1. The number of rotatable bonds is 11. The number of hydrazine groups is 1. The molecule has 0 aromatic carbocycles. The molecular weight excluding hydrogens is 515 g/mol. The number of amides is 2. The third-order valence-electron chi connectivity index (χ3n) is 6.61. The Labute approximate surface area is 224 Å². The van der Waals surface area contributed by atoms with Crippen LogP contribution in [0.25, 0.3) is 0 Å². The Balaban J connectivity index is 1.34. The van der Waals surface area contributed by atoms with Crippen molar-refractivity contribution < 1.29 is 23.5 Å². The number of carbonyl (C=O) groups excluding carboxylic acids is 2. The molecule has 14 heteroatoms. The Morgan fingerprint density at radius 2 is 1.95 bits per heavy atom. The number of ether oxygens (including phenoxy) is 2. The minimum atomic E-state index is -0.749. The van der Waals surface area contributed by atoms with Crippen LogP contribution in [0.15, 0.2) is 5.38 Å². The third-order valence-corrected chi connectivity index (χ3v) is 7.33. The van der Waals surface area contributed by atoms with Crippen molar-refractivity contribution in [3.63, 3.8) is 0 Å². The maximum Gasteiger partial charge on any atom is 0.409 e. The zero-order chi connectivity index (χ0) is 26.9. The average Bonchev–Trinajstić information content (AvgIpc) is 3.57. The molecule has 1 unspecified atom stereocenters. The first-order valence-electron chi connectivity index (χ1n) is 13.0. The topological polar surface area (TPSA) is 165 Å². The van der Waals surface area contributed by atoms with Gasteiger partial charge in [0.15, 0.2) is 16.8 Å². The van der Waals surface area contributed by atoms with Gasteiger partial charge in [0, 0.05) is 18.3 Å². The quantitative estimate of drug-likeness (QED) is 0.262. The van der Waals surface area contributed by atoms with Crippen molar-refractivity contribution >= 4 is 40.1 Å². The molecule has 2 amide bonds. The Kier molecular flexibility index (Phi) is 9.87. The second-order valence-electron chi connectivity index (χ2n) is 9.59. The fourth-order valence-electron chi connectivity index (χ4n) is 4.66. The van der Waals surface area contributed by atoms with Crippen LogP contribution in [0.5, 0.6) is 0 Å². The number of hydrogen-bond acceptors (Lipinski definition) is 11. The number of aromatic nitrogens is 3. The zero-order valence-corrected chi connectivity index (χ0v) is 22.2. The predicted octanol–water partition coefficient (Wildman–Crippen LogP) is 3.47. The maximum atomic E-state index is 15.1. The van der Waals surface area contributed by atoms with Gasteiger partial charge in [0.2, 0.25) is 18.0 Å². The fourth-order valence-corrected chi connectivity index (χ4v) is 5.23. The molecule has 1 saturated heterocycles. The standard InChI is InChI=1S/C24H35FN8O4S/c1-14-29-20(27-12-17-13-38-23(26)31-17)19(25)21(30-14)32-33-22(34)16(10-15-6-2-3-7-15)11-28-24(35)37-18-8-4-5-9-36-18/h13,15-16,18H,2-12H2,1H3,(H2,26,31)(H,28,35)(H,33,34)(H2,27,29,30,32)/t16-,18?/m1/s1. The van der Waals surface area contributed by atoms with Gasteiger partial charge >= 0.3 is 6.09 Å². The highest BCUT2D eigenvalue weighted by molar-refractivity contribution is 7.13. The number of thiazole rings is 1. The number of aryl methyl sites for hydroxylation is 1. The lowest BCUT2D eigenvalue weighted by molar-refractivity contribution is -0.127. The van der Waals surface area contributed by atoms with Gasteiger partial charge in [-0.3, -0.25) is 15.6 Å². The van der Waals surface area contributed by atoms with Gasteiger partial charge in [-0.25, -0.2) is 19.7 Å². The minimum Gasteiger partial charge on any atom is -0.420 e. The van der Waals surface area contributed by atoms with Crippen molar-refractivity contribution in [3.8, 4) is 0 Å². The van der Waals surface area contributed by atoms with E-state index in [2.05, 4.69) is 36.4 Å². The molecule has 2 atom stereocenters. The van der Waals surface area contributed by atoms with Crippen LogP contribution in [0, 0.1) is 24.6 Å². The number of nitrogens with two attached hydrogens (primary N) is 1. The van der Waals surface area contributed by atoms with Gasteiger partial charge in [0.1, 0.15) is 5.82 Å². The molecule has 1 aliphatic heterocycles. The van der Waals surface area contributed by atoms with Crippen LogP contribution in [0.3, 0.4) is 0 Å². The van der Waals surface area contributed by atoms with Crippen LogP contribution >= 0.6 is 11.3 Å². The summed E-state index contributed by atoms with van der Waals surface area (Å²) in [6, 6.07) is 0. The first-order valence-corrected chi connectivity index (χ1v) is 13.8. The van der Waals surface area contributed by atoms with Crippen molar-refractivity contribution in [1.29, 1.82) is 0 Å². The highest BCUT2D eigenvalue weighted by atomic mass is 32.1. The van der Waals surface area contributed by atoms with Crippen molar-refractivity contribution in [2.45, 2.75) is 71.1 Å². The molecule has 0 radical (unpaired) electrons. The first-order chi connectivity index (χ1) is 18.4. The van der Waals surface area contributed by atoms with E-state index < -0.39 is 24.1 Å². The number of nitrogens with zero attached hydrogens (tertiary/aromatic N) is 3. The molecule has 12 nitrogen and oxygen atoms in total. The van der Waals surface area contributed by atoms with Crippen LogP contribution in [-0.4, -0.2) is 46.4 Å². The van der Waals surface area contributed by atoms with Gasteiger partial charge in [-0.15, -0.1) is 11.3 Å². The number of alkyl carbamates (subject to hydrolysis) is 1. The Hall–Kier alpha value is -3.26. The fraction of sp³-hybridized carbons (Fsp3) is 0.625. The molecule has 38 heavy (non-hydrogen) atoms. The lowest BCUT2D eigenvalue weighted by Gasteiger charge is -2.24. The van der Waals surface area contributed by atoms with Crippen LogP contribution < -0.4 is 27.2 Å². The molecule has 6 N–H and O–H groups in total. The Morgan fingerprint density at radius 3 is 2.66 bits per heavy atom. The molecule has 3 heterocycles. The summed E-state index contributed by atoms with van der Waals surface area (Å²) in [6.07, 6.45) is 6.28. The van der Waals surface area contributed by atoms with Crippen molar-refractivity contribution in [1.82, 2.24) is 25.7 Å². The van der Waals surface area contributed by atoms with Gasteiger partial charge in [-0.05, 0) is 32.1 Å². The summed E-state index contributed by atoms with van der Waals surface area (Å²) in [6.45, 7) is 2.49. The van der Waals surface area contributed by atoms with E-state index in [1.54, 1.807) is 12.3 Å². The third kappa shape index (κ3) is 8.12. The summed E-state index contributed by atoms with van der Waals surface area (Å²) in [5.74, 6) is -1.18. The monoisotopic (exact) mass is 550 g/mol. The zero-order valence-electron chi connectivity index (χ0n) is 21.4. The first kappa shape index (κ1) is 27.8. The molecule has 1 saturated carbocycles. The van der Waals surface area contributed by atoms with E-state index in [1.807, 2.05) is 0 Å². The molecule has 2 fully saturated rings. The molecular formula is C24H35FN8O4S. The molecule has 4 rings (SSSR count). The number of anilines is 3. The molecule has 2 aromatic rings. The number of nitrogen functional groups attached to an aromatic ring is 1. The highest BCUT2D eigenvalue weighted by Gasteiger charge is 2.27. The van der Waals surface area contributed by atoms with Crippen molar-refractivity contribution in [3.05, 3.63) is 22.7 Å². The van der Waals surface area contributed by atoms with E-state index >= 15 is 4.39 Å².